The van der Waals surface area contributed by atoms with E-state index in [0.29, 0.717) is 0 Å². The summed E-state index contributed by atoms with van der Waals surface area (Å²) in [7, 11) is 0. The molecule has 0 aliphatic heterocycles. The standard InChI is InChI=1S/C5H6F2N4O.C2H4O2/c6-4(7)2-12-11-3(1-8)5(9)10;1-2(3)4/h4H,2H2,(H3,9,10);1H3,(H,3,4)/b11-3+;. The van der Waals surface area contributed by atoms with E-state index >= 15 is 0 Å². The average Bonchev–Trinajstić information content (AvgIpc) is 2.10. The molecule has 0 amide bonds. The van der Waals surface area contributed by atoms with Gasteiger partial charge in [0.25, 0.3) is 12.4 Å². The SMILES string of the molecule is CC(=O)O.N#C/C(=N\OCC(F)F)C(=N)N. The molecule has 0 fully saturated rings. The zero-order chi connectivity index (χ0) is 13.1. The van der Waals surface area contributed by atoms with E-state index in [1.54, 1.807) is 0 Å². The van der Waals surface area contributed by atoms with E-state index in [9.17, 15) is 8.78 Å². The first-order chi connectivity index (χ1) is 7.31. The van der Waals surface area contributed by atoms with E-state index in [4.69, 9.17) is 26.3 Å². The molecule has 0 aromatic heterocycles. The summed E-state index contributed by atoms with van der Waals surface area (Å²) in [6, 6.07) is 1.41. The third-order valence-corrected chi connectivity index (χ3v) is 0.717. The lowest BCUT2D eigenvalue weighted by Gasteiger charge is -1.97. The molecule has 0 bridgehead atoms. The Morgan fingerprint density at radius 3 is 2.44 bits per heavy atom. The average molecular weight is 236 g/mol. The molecule has 0 rings (SSSR count). The van der Waals surface area contributed by atoms with Crippen LogP contribution in [0, 0.1) is 16.7 Å². The van der Waals surface area contributed by atoms with Gasteiger partial charge in [0, 0.05) is 6.92 Å². The molecule has 90 valence electrons. The number of nitrogens with one attached hydrogen (secondary N) is 1. The van der Waals surface area contributed by atoms with Crippen LogP contribution in [0.1, 0.15) is 6.92 Å². The summed E-state index contributed by atoms with van der Waals surface area (Å²) in [5, 5.41) is 25.2. The van der Waals surface area contributed by atoms with Crippen molar-refractivity contribution >= 4 is 17.5 Å². The third kappa shape index (κ3) is 14.3. The summed E-state index contributed by atoms with van der Waals surface area (Å²) >= 11 is 0. The quantitative estimate of drug-likeness (QED) is 0.363. The molecule has 0 heterocycles. The number of carboxylic acids is 1. The van der Waals surface area contributed by atoms with Gasteiger partial charge in [-0.1, -0.05) is 5.16 Å². The molecule has 0 atom stereocenters. The number of halogens is 2. The minimum Gasteiger partial charge on any atom is -0.481 e. The van der Waals surface area contributed by atoms with Crippen molar-refractivity contribution < 1.29 is 23.5 Å². The highest BCUT2D eigenvalue weighted by Gasteiger charge is 2.04. The maximum Gasteiger partial charge on any atom is 0.300 e. The third-order valence-electron chi connectivity index (χ3n) is 0.717. The first-order valence-electron chi connectivity index (χ1n) is 3.73. The van der Waals surface area contributed by atoms with Crippen LogP contribution in [0.4, 0.5) is 8.78 Å². The molecule has 0 unspecified atom stereocenters. The second kappa shape index (κ2) is 9.32. The molecule has 0 aliphatic carbocycles. The fourth-order valence-electron chi connectivity index (χ4n) is 0.288. The van der Waals surface area contributed by atoms with Gasteiger partial charge in [-0.05, 0) is 0 Å². The van der Waals surface area contributed by atoms with Gasteiger partial charge >= 0.3 is 0 Å². The summed E-state index contributed by atoms with van der Waals surface area (Å²) in [5.41, 5.74) is 4.31. The Labute approximate surface area is 89.6 Å². The van der Waals surface area contributed by atoms with Gasteiger partial charge < -0.3 is 15.7 Å². The topological polar surface area (TPSA) is 133 Å². The minimum atomic E-state index is -2.67. The number of rotatable bonds is 4. The van der Waals surface area contributed by atoms with Crippen LogP contribution >= 0.6 is 0 Å². The van der Waals surface area contributed by atoms with Crippen molar-refractivity contribution in [3.8, 4) is 6.07 Å². The number of amidine groups is 1. The van der Waals surface area contributed by atoms with Gasteiger partial charge in [0.1, 0.15) is 6.07 Å². The van der Waals surface area contributed by atoms with E-state index in [1.165, 1.54) is 6.07 Å². The van der Waals surface area contributed by atoms with Crippen molar-refractivity contribution in [1.82, 2.24) is 0 Å². The molecule has 0 aromatic carbocycles. The number of nitrogens with two attached hydrogens (primary N) is 1. The van der Waals surface area contributed by atoms with E-state index in [1.807, 2.05) is 0 Å². The van der Waals surface area contributed by atoms with E-state index in [0.717, 1.165) is 6.92 Å². The number of hydrogen-bond acceptors (Lipinski definition) is 5. The van der Waals surface area contributed by atoms with Crippen molar-refractivity contribution in [3.05, 3.63) is 0 Å². The monoisotopic (exact) mass is 236 g/mol. The lowest BCUT2D eigenvalue weighted by Crippen LogP contribution is -2.21. The zero-order valence-corrected chi connectivity index (χ0v) is 8.28. The highest BCUT2D eigenvalue weighted by molar-refractivity contribution is 6.45. The largest absolute Gasteiger partial charge is 0.481 e. The van der Waals surface area contributed by atoms with Crippen LogP contribution in [-0.2, 0) is 9.63 Å². The normalized spacial score (nSPS) is 9.81. The molecule has 9 heteroatoms. The molecule has 7 nitrogen and oxygen atoms in total. The molecule has 4 N–H and O–H groups in total. The smallest absolute Gasteiger partial charge is 0.300 e. The highest BCUT2D eigenvalue weighted by Crippen LogP contribution is 1.92. The number of alkyl halides is 2. The Bertz CT molecular complexity index is 307. The lowest BCUT2D eigenvalue weighted by molar-refractivity contribution is -0.134. The van der Waals surface area contributed by atoms with Gasteiger partial charge in [0.05, 0.1) is 0 Å². The van der Waals surface area contributed by atoms with Crippen molar-refractivity contribution in [2.24, 2.45) is 10.9 Å². The first kappa shape index (κ1) is 16.2. The molecule has 0 saturated carbocycles. The maximum atomic E-state index is 11.4. The van der Waals surface area contributed by atoms with Crippen molar-refractivity contribution in [2.75, 3.05) is 6.61 Å². The fourth-order valence-corrected chi connectivity index (χ4v) is 0.288. The summed E-state index contributed by atoms with van der Waals surface area (Å²) in [4.78, 5) is 13.0. The molecular weight excluding hydrogens is 226 g/mol. The second-order valence-electron chi connectivity index (χ2n) is 2.17. The fraction of sp³-hybridized carbons (Fsp3) is 0.429. The van der Waals surface area contributed by atoms with Crippen LogP contribution < -0.4 is 5.73 Å². The lowest BCUT2D eigenvalue weighted by atomic mass is 10.4. The number of aliphatic carboxylic acids is 1. The van der Waals surface area contributed by atoms with E-state index in [-0.39, 0.29) is 0 Å². The highest BCUT2D eigenvalue weighted by atomic mass is 19.3. The number of nitrogens with zero attached hydrogens (tertiary/aromatic N) is 2. The number of carbonyl (C=O) groups is 1. The van der Waals surface area contributed by atoms with Crippen molar-refractivity contribution in [2.45, 2.75) is 13.3 Å². The van der Waals surface area contributed by atoms with Gasteiger partial charge in [0.2, 0.25) is 5.71 Å². The minimum absolute atomic E-state index is 0.518. The predicted octanol–water partition coefficient (Wildman–Crippen LogP) is 0.175. The van der Waals surface area contributed by atoms with E-state index in [2.05, 4.69) is 9.99 Å². The Kier molecular flexibility index (Phi) is 9.44. The van der Waals surface area contributed by atoms with E-state index < -0.39 is 30.5 Å². The molecule has 0 radical (unpaired) electrons. The van der Waals surface area contributed by atoms with Crippen molar-refractivity contribution in [3.63, 3.8) is 0 Å². The molecular formula is C7H10F2N4O3. The molecule has 0 aliphatic rings. The Morgan fingerprint density at radius 1 is 1.75 bits per heavy atom. The van der Waals surface area contributed by atoms with Gasteiger partial charge in [-0.25, -0.2) is 8.78 Å². The number of oxime groups is 1. The van der Waals surface area contributed by atoms with Gasteiger partial charge in [-0.15, -0.1) is 0 Å². The summed E-state index contributed by atoms with van der Waals surface area (Å²) in [5.74, 6) is -1.45. The van der Waals surface area contributed by atoms with Crippen molar-refractivity contribution in [1.29, 1.82) is 10.7 Å². The first-order valence-corrected chi connectivity index (χ1v) is 3.73. The summed E-state index contributed by atoms with van der Waals surface area (Å²) < 4.78 is 22.9. The second-order valence-corrected chi connectivity index (χ2v) is 2.17. The molecule has 0 spiro atoms. The van der Waals surface area contributed by atoms with Crippen LogP contribution in [0.3, 0.4) is 0 Å². The molecule has 16 heavy (non-hydrogen) atoms. The summed E-state index contributed by atoms with van der Waals surface area (Å²) in [6.07, 6.45) is -2.67. The zero-order valence-electron chi connectivity index (χ0n) is 8.28. The number of nitriles is 1. The van der Waals surface area contributed by atoms with Crippen LogP contribution in [0.15, 0.2) is 5.16 Å². The number of carboxylic acid groups (broad SMARTS) is 1. The number of hydrogen-bond donors (Lipinski definition) is 3. The van der Waals surface area contributed by atoms with Crippen LogP contribution in [0.25, 0.3) is 0 Å². The van der Waals surface area contributed by atoms with Crippen LogP contribution in [0.2, 0.25) is 0 Å². The summed E-state index contributed by atoms with van der Waals surface area (Å²) in [6.45, 7) is 0.165. The maximum absolute atomic E-state index is 11.4. The van der Waals surface area contributed by atoms with Crippen LogP contribution in [0.5, 0.6) is 0 Å². The predicted molar refractivity (Wildman–Crippen MR) is 50.2 cm³/mol. The Morgan fingerprint density at radius 2 is 2.19 bits per heavy atom. The van der Waals surface area contributed by atoms with Gasteiger partial charge in [-0.3, -0.25) is 10.2 Å². The van der Waals surface area contributed by atoms with Gasteiger partial charge in [0.15, 0.2) is 12.4 Å². The van der Waals surface area contributed by atoms with Crippen LogP contribution in [-0.4, -0.2) is 35.7 Å². The Balaban J connectivity index is 0. The molecule has 0 aromatic rings. The van der Waals surface area contributed by atoms with Gasteiger partial charge in [-0.2, -0.15) is 5.26 Å². The molecule has 0 saturated heterocycles. The Hall–Kier alpha value is -2.24.